The molecule has 2 heterocycles. The molecule has 0 saturated carbocycles. The number of aromatic nitrogens is 1. The summed E-state index contributed by atoms with van der Waals surface area (Å²) >= 11 is 4.99. The summed E-state index contributed by atoms with van der Waals surface area (Å²) in [7, 11) is 0. The normalized spacial score (nSPS) is 10.2. The van der Waals surface area contributed by atoms with E-state index in [4.69, 9.17) is 0 Å². The zero-order valence-electron chi connectivity index (χ0n) is 9.24. The van der Waals surface area contributed by atoms with Gasteiger partial charge in [0.15, 0.2) is 0 Å². The molecule has 0 bridgehead atoms. The minimum absolute atomic E-state index is 0.132. The monoisotopic (exact) mass is 310 g/mol. The average Bonchev–Trinajstić information content (AvgIpc) is 2.73. The summed E-state index contributed by atoms with van der Waals surface area (Å²) in [6, 6.07) is 5.70. The van der Waals surface area contributed by atoms with Gasteiger partial charge in [0, 0.05) is 20.9 Å². The molecule has 1 amide bonds. The Hall–Kier alpha value is -1.20. The standard InChI is InChI=1S/C12H11BrN2OS/c1-8-3-2-4-14-11(8)12(16)15-6-10-5-9(13)7-17-10/h2-5,7H,6H2,1H3,(H,15,16). The second-order valence-corrected chi connectivity index (χ2v) is 5.49. The van der Waals surface area contributed by atoms with E-state index >= 15 is 0 Å². The van der Waals surface area contributed by atoms with Crippen LogP contribution in [0.3, 0.4) is 0 Å². The van der Waals surface area contributed by atoms with Crippen molar-refractivity contribution >= 4 is 33.2 Å². The summed E-state index contributed by atoms with van der Waals surface area (Å²) < 4.78 is 1.04. The molecule has 17 heavy (non-hydrogen) atoms. The summed E-state index contributed by atoms with van der Waals surface area (Å²) in [6.07, 6.45) is 1.63. The minimum atomic E-state index is -0.132. The Balaban J connectivity index is 2.01. The first-order chi connectivity index (χ1) is 8.16. The highest BCUT2D eigenvalue weighted by atomic mass is 79.9. The number of hydrogen-bond acceptors (Lipinski definition) is 3. The summed E-state index contributed by atoms with van der Waals surface area (Å²) in [5, 5.41) is 4.85. The van der Waals surface area contributed by atoms with E-state index in [1.54, 1.807) is 17.5 Å². The van der Waals surface area contributed by atoms with Gasteiger partial charge in [0.1, 0.15) is 5.69 Å². The molecule has 0 unspecified atom stereocenters. The Morgan fingerprint density at radius 2 is 2.41 bits per heavy atom. The highest BCUT2D eigenvalue weighted by Gasteiger charge is 2.09. The molecule has 0 atom stereocenters. The summed E-state index contributed by atoms with van der Waals surface area (Å²) in [4.78, 5) is 17.1. The first-order valence-corrected chi connectivity index (χ1v) is 6.77. The van der Waals surface area contributed by atoms with Crippen molar-refractivity contribution in [1.82, 2.24) is 10.3 Å². The minimum Gasteiger partial charge on any atom is -0.346 e. The van der Waals surface area contributed by atoms with Crippen molar-refractivity contribution in [3.05, 3.63) is 50.4 Å². The van der Waals surface area contributed by atoms with E-state index < -0.39 is 0 Å². The Morgan fingerprint density at radius 1 is 1.59 bits per heavy atom. The van der Waals surface area contributed by atoms with E-state index in [0.29, 0.717) is 12.2 Å². The number of nitrogens with zero attached hydrogens (tertiary/aromatic N) is 1. The molecule has 3 nitrogen and oxygen atoms in total. The van der Waals surface area contributed by atoms with Gasteiger partial charge in [-0.15, -0.1) is 11.3 Å². The van der Waals surface area contributed by atoms with Gasteiger partial charge in [-0.25, -0.2) is 0 Å². The van der Waals surface area contributed by atoms with Crippen LogP contribution in [0.2, 0.25) is 0 Å². The van der Waals surface area contributed by atoms with Gasteiger partial charge < -0.3 is 5.32 Å². The van der Waals surface area contributed by atoms with E-state index in [0.717, 1.165) is 14.9 Å². The fourth-order valence-corrected chi connectivity index (χ4v) is 2.81. The Bertz CT molecular complexity index is 539. The van der Waals surface area contributed by atoms with Gasteiger partial charge in [-0.2, -0.15) is 0 Å². The molecule has 88 valence electrons. The number of carbonyl (C=O) groups excluding carboxylic acids is 1. The van der Waals surface area contributed by atoms with E-state index in [1.807, 2.05) is 30.5 Å². The third kappa shape index (κ3) is 3.14. The highest BCUT2D eigenvalue weighted by molar-refractivity contribution is 9.10. The van der Waals surface area contributed by atoms with E-state index in [-0.39, 0.29) is 5.91 Å². The molecule has 1 N–H and O–H groups in total. The molecule has 0 radical (unpaired) electrons. The number of nitrogens with one attached hydrogen (secondary N) is 1. The van der Waals surface area contributed by atoms with Crippen molar-refractivity contribution in [3.63, 3.8) is 0 Å². The van der Waals surface area contributed by atoms with Gasteiger partial charge in [0.25, 0.3) is 5.91 Å². The van der Waals surface area contributed by atoms with Crippen LogP contribution >= 0.6 is 27.3 Å². The second-order valence-electron chi connectivity index (χ2n) is 3.58. The smallest absolute Gasteiger partial charge is 0.270 e. The zero-order chi connectivity index (χ0) is 12.3. The van der Waals surface area contributed by atoms with Gasteiger partial charge in [-0.1, -0.05) is 6.07 Å². The molecule has 5 heteroatoms. The van der Waals surface area contributed by atoms with Crippen molar-refractivity contribution in [2.45, 2.75) is 13.5 Å². The molecule has 0 aliphatic rings. The lowest BCUT2D eigenvalue weighted by Gasteiger charge is -2.04. The number of pyridine rings is 1. The lowest BCUT2D eigenvalue weighted by Crippen LogP contribution is -2.24. The molecule has 0 aliphatic carbocycles. The first-order valence-electron chi connectivity index (χ1n) is 5.09. The first kappa shape index (κ1) is 12.3. The van der Waals surface area contributed by atoms with Crippen LogP contribution in [0.25, 0.3) is 0 Å². The van der Waals surface area contributed by atoms with Crippen LogP contribution in [-0.4, -0.2) is 10.9 Å². The number of rotatable bonds is 3. The van der Waals surface area contributed by atoms with Crippen LogP contribution in [0, 0.1) is 6.92 Å². The maximum Gasteiger partial charge on any atom is 0.270 e. The molecule has 2 rings (SSSR count). The summed E-state index contributed by atoms with van der Waals surface area (Å²) in [5.41, 5.74) is 1.38. The number of thiophene rings is 1. The van der Waals surface area contributed by atoms with Crippen molar-refractivity contribution in [2.24, 2.45) is 0 Å². The van der Waals surface area contributed by atoms with Gasteiger partial charge in [0.05, 0.1) is 6.54 Å². The number of carbonyl (C=O) groups is 1. The third-order valence-corrected chi connectivity index (χ3v) is 3.97. The lowest BCUT2D eigenvalue weighted by atomic mass is 10.2. The predicted molar refractivity (Wildman–Crippen MR) is 72.2 cm³/mol. The van der Waals surface area contributed by atoms with Gasteiger partial charge in [-0.05, 0) is 40.5 Å². The quantitative estimate of drug-likeness (QED) is 0.946. The Morgan fingerprint density at radius 3 is 3.06 bits per heavy atom. The summed E-state index contributed by atoms with van der Waals surface area (Å²) in [6.45, 7) is 2.41. The number of halogens is 1. The molecular formula is C12H11BrN2OS. The number of hydrogen-bond donors (Lipinski definition) is 1. The van der Waals surface area contributed by atoms with Gasteiger partial charge in [-0.3, -0.25) is 9.78 Å². The Labute approximate surface area is 112 Å². The molecule has 0 saturated heterocycles. The van der Waals surface area contributed by atoms with E-state index in [9.17, 15) is 4.79 Å². The van der Waals surface area contributed by atoms with Crippen LogP contribution in [0.15, 0.2) is 34.2 Å². The SMILES string of the molecule is Cc1cccnc1C(=O)NCc1cc(Br)cs1. The molecular weight excluding hydrogens is 300 g/mol. The third-order valence-electron chi connectivity index (χ3n) is 2.27. The second kappa shape index (κ2) is 5.42. The topological polar surface area (TPSA) is 42.0 Å². The van der Waals surface area contributed by atoms with Crippen LogP contribution in [0.5, 0.6) is 0 Å². The van der Waals surface area contributed by atoms with E-state index in [2.05, 4.69) is 26.2 Å². The summed E-state index contributed by atoms with van der Waals surface area (Å²) in [5.74, 6) is -0.132. The molecule has 0 fully saturated rings. The maximum absolute atomic E-state index is 11.9. The molecule has 0 aliphatic heterocycles. The lowest BCUT2D eigenvalue weighted by molar-refractivity contribution is 0.0945. The van der Waals surface area contributed by atoms with Crippen molar-refractivity contribution in [1.29, 1.82) is 0 Å². The van der Waals surface area contributed by atoms with Crippen molar-refractivity contribution in [3.8, 4) is 0 Å². The fraction of sp³-hybridized carbons (Fsp3) is 0.167. The fourth-order valence-electron chi connectivity index (χ4n) is 1.42. The van der Waals surface area contributed by atoms with Crippen molar-refractivity contribution < 1.29 is 4.79 Å². The maximum atomic E-state index is 11.9. The van der Waals surface area contributed by atoms with Gasteiger partial charge >= 0.3 is 0 Å². The van der Waals surface area contributed by atoms with Crippen LogP contribution in [-0.2, 0) is 6.54 Å². The number of amides is 1. The molecule has 2 aromatic rings. The largest absolute Gasteiger partial charge is 0.346 e. The average molecular weight is 311 g/mol. The molecule has 0 spiro atoms. The number of aryl methyl sites for hydroxylation is 1. The predicted octanol–water partition coefficient (Wildman–Crippen LogP) is 3.14. The molecule has 2 aromatic heterocycles. The molecule has 0 aromatic carbocycles. The van der Waals surface area contributed by atoms with E-state index in [1.165, 1.54) is 0 Å². The van der Waals surface area contributed by atoms with Gasteiger partial charge in [0.2, 0.25) is 0 Å². The van der Waals surface area contributed by atoms with Crippen LogP contribution in [0.4, 0.5) is 0 Å². The highest BCUT2D eigenvalue weighted by Crippen LogP contribution is 2.19. The van der Waals surface area contributed by atoms with Crippen molar-refractivity contribution in [2.75, 3.05) is 0 Å². The van der Waals surface area contributed by atoms with Crippen LogP contribution in [0.1, 0.15) is 20.9 Å². The zero-order valence-corrected chi connectivity index (χ0v) is 11.6. The Kier molecular flexibility index (Phi) is 3.91. The van der Waals surface area contributed by atoms with Crippen LogP contribution < -0.4 is 5.32 Å².